The first-order valence-electron chi connectivity index (χ1n) is 6.78. The number of sulfonamides is 1. The molecule has 0 unspecified atom stereocenters. The molecule has 0 amide bonds. The average Bonchev–Trinajstić information content (AvgIpc) is 3.27. The topological polar surface area (TPSA) is 95.4 Å². The van der Waals surface area contributed by atoms with Gasteiger partial charge in [-0.05, 0) is 19.3 Å². The van der Waals surface area contributed by atoms with Crippen LogP contribution >= 0.6 is 0 Å². The highest BCUT2D eigenvalue weighted by Crippen LogP contribution is 2.31. The number of nitrogens with one attached hydrogen (secondary N) is 1. The maximum absolute atomic E-state index is 12.4. The van der Waals surface area contributed by atoms with Crippen molar-refractivity contribution >= 4 is 16.0 Å². The molecule has 1 aliphatic rings. The first kappa shape index (κ1) is 15.1. The van der Waals surface area contributed by atoms with Crippen LogP contribution in [-0.2, 0) is 10.0 Å². The lowest BCUT2D eigenvalue weighted by Gasteiger charge is -2.20. The lowest BCUT2D eigenvalue weighted by molar-refractivity contribution is 0.250. The highest BCUT2D eigenvalue weighted by Gasteiger charge is 2.37. The first-order valence-corrected chi connectivity index (χ1v) is 8.22. The highest BCUT2D eigenvalue weighted by atomic mass is 32.2. The Kier molecular flexibility index (Phi) is 4.90. The molecular weight excluding hydrogens is 280 g/mol. The SMILES string of the molecule is CCCNc1ncc(S(=O)(=O)N(CCO)C2CC2)cn1. The molecule has 0 aromatic carbocycles. The highest BCUT2D eigenvalue weighted by molar-refractivity contribution is 7.89. The van der Waals surface area contributed by atoms with Crippen LogP contribution in [0.3, 0.4) is 0 Å². The second-order valence-electron chi connectivity index (χ2n) is 4.74. The summed E-state index contributed by atoms with van der Waals surface area (Å²) >= 11 is 0. The van der Waals surface area contributed by atoms with Crippen molar-refractivity contribution in [2.45, 2.75) is 37.1 Å². The minimum atomic E-state index is -3.62. The summed E-state index contributed by atoms with van der Waals surface area (Å²) in [4.78, 5) is 8.10. The van der Waals surface area contributed by atoms with Gasteiger partial charge in [0.2, 0.25) is 16.0 Å². The fourth-order valence-electron chi connectivity index (χ4n) is 1.87. The van der Waals surface area contributed by atoms with E-state index in [4.69, 9.17) is 5.11 Å². The molecule has 8 heteroatoms. The maximum Gasteiger partial charge on any atom is 0.246 e. The van der Waals surface area contributed by atoms with Gasteiger partial charge in [-0.25, -0.2) is 18.4 Å². The zero-order valence-corrected chi connectivity index (χ0v) is 12.3. The second-order valence-corrected chi connectivity index (χ2v) is 6.63. The van der Waals surface area contributed by atoms with E-state index >= 15 is 0 Å². The van der Waals surface area contributed by atoms with Gasteiger partial charge in [0.1, 0.15) is 4.90 Å². The molecule has 1 fully saturated rings. The standard InChI is InChI=1S/C12H20N4O3S/c1-2-5-13-12-14-8-11(9-15-12)20(18,19)16(6-7-17)10-3-4-10/h8-10,17H,2-7H2,1H3,(H,13,14,15). The second kappa shape index (κ2) is 6.47. The van der Waals surface area contributed by atoms with Gasteiger partial charge in [-0.3, -0.25) is 0 Å². The van der Waals surface area contributed by atoms with E-state index in [1.165, 1.54) is 16.7 Å². The molecule has 20 heavy (non-hydrogen) atoms. The smallest absolute Gasteiger partial charge is 0.246 e. The van der Waals surface area contributed by atoms with Gasteiger partial charge in [-0.1, -0.05) is 6.92 Å². The number of aromatic nitrogens is 2. The van der Waals surface area contributed by atoms with Crippen LogP contribution in [0.4, 0.5) is 5.95 Å². The Morgan fingerprint density at radius 2 is 2.05 bits per heavy atom. The number of anilines is 1. The molecule has 0 bridgehead atoms. The predicted octanol–water partition coefficient (Wildman–Crippen LogP) is 0.444. The summed E-state index contributed by atoms with van der Waals surface area (Å²) in [6, 6.07) is 0.00467. The minimum absolute atomic E-state index is 0.00467. The van der Waals surface area contributed by atoms with E-state index in [2.05, 4.69) is 15.3 Å². The van der Waals surface area contributed by atoms with Crippen molar-refractivity contribution in [3.05, 3.63) is 12.4 Å². The van der Waals surface area contributed by atoms with Gasteiger partial charge in [0.25, 0.3) is 0 Å². The van der Waals surface area contributed by atoms with Crippen LogP contribution in [0.2, 0.25) is 0 Å². The van der Waals surface area contributed by atoms with Crippen LogP contribution in [0.5, 0.6) is 0 Å². The van der Waals surface area contributed by atoms with Gasteiger partial charge in [0.05, 0.1) is 19.0 Å². The van der Waals surface area contributed by atoms with Gasteiger partial charge in [0, 0.05) is 19.1 Å². The number of rotatable bonds is 8. The molecule has 0 aliphatic heterocycles. The Bertz CT molecular complexity index is 528. The van der Waals surface area contributed by atoms with Crippen molar-refractivity contribution in [2.24, 2.45) is 0 Å². The van der Waals surface area contributed by atoms with E-state index in [0.29, 0.717) is 5.95 Å². The van der Waals surface area contributed by atoms with E-state index in [-0.39, 0.29) is 24.1 Å². The van der Waals surface area contributed by atoms with Crippen molar-refractivity contribution in [1.82, 2.24) is 14.3 Å². The zero-order valence-electron chi connectivity index (χ0n) is 11.5. The molecule has 1 aromatic rings. The number of nitrogens with zero attached hydrogens (tertiary/aromatic N) is 3. The maximum atomic E-state index is 12.4. The summed E-state index contributed by atoms with van der Waals surface area (Å²) < 4.78 is 26.2. The fraction of sp³-hybridized carbons (Fsp3) is 0.667. The predicted molar refractivity (Wildman–Crippen MR) is 74.8 cm³/mol. The summed E-state index contributed by atoms with van der Waals surface area (Å²) in [6.45, 7) is 2.69. The number of hydrogen-bond acceptors (Lipinski definition) is 6. The third-order valence-corrected chi connectivity index (χ3v) is 4.95. The lowest BCUT2D eigenvalue weighted by Crippen LogP contribution is -2.35. The molecule has 1 saturated carbocycles. The van der Waals surface area contributed by atoms with Crippen molar-refractivity contribution in [2.75, 3.05) is 25.0 Å². The van der Waals surface area contributed by atoms with Crippen LogP contribution in [0.1, 0.15) is 26.2 Å². The largest absolute Gasteiger partial charge is 0.395 e. The Hall–Kier alpha value is -1.25. The van der Waals surface area contributed by atoms with Gasteiger partial charge in [-0.15, -0.1) is 0 Å². The number of hydrogen-bond donors (Lipinski definition) is 2. The number of aliphatic hydroxyl groups is 1. The minimum Gasteiger partial charge on any atom is -0.395 e. The van der Waals surface area contributed by atoms with Crippen LogP contribution < -0.4 is 5.32 Å². The van der Waals surface area contributed by atoms with Gasteiger partial charge < -0.3 is 10.4 Å². The normalized spacial score (nSPS) is 15.6. The van der Waals surface area contributed by atoms with Crippen LogP contribution in [0.15, 0.2) is 17.3 Å². The summed E-state index contributed by atoms with van der Waals surface area (Å²) in [5.41, 5.74) is 0. The Balaban J connectivity index is 2.15. The third kappa shape index (κ3) is 3.44. The van der Waals surface area contributed by atoms with E-state index in [1.807, 2.05) is 6.92 Å². The molecule has 112 valence electrons. The van der Waals surface area contributed by atoms with Crippen LogP contribution in [-0.4, -0.2) is 53.5 Å². The van der Waals surface area contributed by atoms with Gasteiger partial charge in [-0.2, -0.15) is 4.31 Å². The zero-order chi connectivity index (χ0) is 14.6. The molecule has 2 rings (SSSR count). The molecule has 0 atom stereocenters. The first-order chi connectivity index (χ1) is 9.59. The third-order valence-electron chi connectivity index (χ3n) is 3.04. The number of aliphatic hydroxyl groups excluding tert-OH is 1. The summed E-state index contributed by atoms with van der Waals surface area (Å²) in [7, 11) is -3.62. The molecular formula is C12H20N4O3S. The Morgan fingerprint density at radius 1 is 1.40 bits per heavy atom. The van der Waals surface area contributed by atoms with E-state index in [0.717, 1.165) is 25.8 Å². The average molecular weight is 300 g/mol. The molecule has 0 saturated heterocycles. The van der Waals surface area contributed by atoms with E-state index in [1.54, 1.807) is 0 Å². The van der Waals surface area contributed by atoms with Gasteiger partial charge in [0.15, 0.2) is 0 Å². The molecule has 1 aliphatic carbocycles. The molecule has 7 nitrogen and oxygen atoms in total. The van der Waals surface area contributed by atoms with Crippen LogP contribution in [0, 0.1) is 0 Å². The Labute approximate surface area is 119 Å². The fourth-order valence-corrected chi connectivity index (χ4v) is 3.44. The monoisotopic (exact) mass is 300 g/mol. The molecule has 1 aromatic heterocycles. The lowest BCUT2D eigenvalue weighted by atomic mass is 10.5. The molecule has 2 N–H and O–H groups in total. The summed E-state index contributed by atoms with van der Waals surface area (Å²) in [5.74, 6) is 0.422. The van der Waals surface area contributed by atoms with Crippen molar-refractivity contribution in [1.29, 1.82) is 0 Å². The molecule has 1 heterocycles. The quantitative estimate of drug-likeness (QED) is 0.723. The Morgan fingerprint density at radius 3 is 2.55 bits per heavy atom. The summed E-state index contributed by atoms with van der Waals surface area (Å²) in [6.07, 6.45) is 5.25. The van der Waals surface area contributed by atoms with E-state index in [9.17, 15) is 8.42 Å². The van der Waals surface area contributed by atoms with Crippen molar-refractivity contribution < 1.29 is 13.5 Å². The van der Waals surface area contributed by atoms with Crippen molar-refractivity contribution in [3.8, 4) is 0 Å². The molecule has 0 radical (unpaired) electrons. The summed E-state index contributed by atoms with van der Waals surface area (Å²) in [5, 5.41) is 12.0. The van der Waals surface area contributed by atoms with E-state index < -0.39 is 10.0 Å². The van der Waals surface area contributed by atoms with Crippen molar-refractivity contribution in [3.63, 3.8) is 0 Å². The van der Waals surface area contributed by atoms with Gasteiger partial charge >= 0.3 is 0 Å². The van der Waals surface area contributed by atoms with Crippen LogP contribution in [0.25, 0.3) is 0 Å². The molecule has 0 spiro atoms.